The normalized spacial score (nSPS) is 11.8. The first kappa shape index (κ1) is 10.7. The van der Waals surface area contributed by atoms with Crippen LogP contribution >= 0.6 is 58.0 Å². The highest BCUT2D eigenvalue weighted by molar-refractivity contribution is 6.66. The lowest BCUT2D eigenvalue weighted by molar-refractivity contribution is 1.24. The monoisotopic (exact) mass is 262 g/mol. The highest BCUT2D eigenvalue weighted by Gasteiger charge is 2.23. The van der Waals surface area contributed by atoms with Gasteiger partial charge in [-0.1, -0.05) is 58.0 Å². The van der Waals surface area contributed by atoms with Crippen LogP contribution in [0.3, 0.4) is 0 Å². The van der Waals surface area contributed by atoms with Crippen molar-refractivity contribution in [2.45, 2.75) is 3.79 Å². The Bertz CT molecular complexity index is 268. The zero-order valence-corrected chi connectivity index (χ0v) is 9.40. The van der Waals surface area contributed by atoms with Crippen molar-refractivity contribution in [3.63, 3.8) is 0 Å². The smallest absolute Gasteiger partial charge is 0.0843 e. The fourth-order valence-electron chi connectivity index (χ4n) is 0.717. The van der Waals surface area contributed by atoms with Crippen LogP contribution in [-0.4, -0.2) is 0 Å². The molecular formula is C7H3Cl5. The lowest BCUT2D eigenvalue weighted by Crippen LogP contribution is -1.99. The van der Waals surface area contributed by atoms with Gasteiger partial charge < -0.3 is 0 Å². The molecule has 0 amide bonds. The Hall–Kier alpha value is 0.670. The second-order valence-corrected chi connectivity index (χ2v) is 5.31. The van der Waals surface area contributed by atoms with E-state index in [1.165, 1.54) is 0 Å². The van der Waals surface area contributed by atoms with Gasteiger partial charge in [0.15, 0.2) is 0 Å². The van der Waals surface area contributed by atoms with Crippen LogP contribution < -0.4 is 0 Å². The van der Waals surface area contributed by atoms with Gasteiger partial charge in [-0.3, -0.25) is 0 Å². The summed E-state index contributed by atoms with van der Waals surface area (Å²) >= 11 is 28.2. The van der Waals surface area contributed by atoms with Gasteiger partial charge in [-0.25, -0.2) is 0 Å². The molecule has 1 aromatic rings. The Labute approximate surface area is 95.3 Å². The van der Waals surface area contributed by atoms with Crippen LogP contribution in [0.5, 0.6) is 0 Å². The SMILES string of the molecule is Clc1cc(Cl)cc(C(Cl)(Cl)Cl)c1. The lowest BCUT2D eigenvalue weighted by Gasteiger charge is -2.11. The fourth-order valence-corrected chi connectivity index (χ4v) is 1.57. The number of rotatable bonds is 0. The Balaban J connectivity index is 3.18. The molecule has 0 spiro atoms. The first-order chi connectivity index (χ1) is 5.39. The van der Waals surface area contributed by atoms with Crippen molar-refractivity contribution in [1.29, 1.82) is 0 Å². The predicted molar refractivity (Wildman–Crippen MR) is 55.7 cm³/mol. The summed E-state index contributed by atoms with van der Waals surface area (Å²) in [6, 6.07) is 4.68. The molecule has 0 aliphatic heterocycles. The van der Waals surface area contributed by atoms with Crippen molar-refractivity contribution < 1.29 is 0 Å². The third-order valence-electron chi connectivity index (χ3n) is 1.19. The van der Waals surface area contributed by atoms with E-state index in [0.717, 1.165) is 0 Å². The summed E-state index contributed by atoms with van der Waals surface area (Å²) in [5, 5.41) is 0.896. The molecule has 0 aliphatic rings. The van der Waals surface area contributed by atoms with Crippen LogP contribution in [0.2, 0.25) is 10.0 Å². The van der Waals surface area contributed by atoms with Crippen LogP contribution in [0.15, 0.2) is 18.2 Å². The molecule has 0 atom stereocenters. The molecule has 0 aliphatic carbocycles. The van der Waals surface area contributed by atoms with E-state index in [1.807, 2.05) is 0 Å². The summed E-state index contributed by atoms with van der Waals surface area (Å²) in [6.45, 7) is 0. The van der Waals surface area contributed by atoms with E-state index in [4.69, 9.17) is 58.0 Å². The van der Waals surface area contributed by atoms with E-state index in [-0.39, 0.29) is 0 Å². The van der Waals surface area contributed by atoms with Gasteiger partial charge in [-0.05, 0) is 18.2 Å². The number of halogens is 5. The van der Waals surface area contributed by atoms with E-state index >= 15 is 0 Å². The van der Waals surface area contributed by atoms with E-state index in [2.05, 4.69) is 0 Å². The van der Waals surface area contributed by atoms with Crippen molar-refractivity contribution in [1.82, 2.24) is 0 Å². The third-order valence-corrected chi connectivity index (χ3v) is 2.28. The molecule has 5 heteroatoms. The standard InChI is InChI=1S/C7H3Cl5/c8-5-1-4(7(10,11)12)2-6(9)3-5/h1-3H. The predicted octanol–water partition coefficient (Wildman–Crippen LogP) is 4.82. The number of alkyl halides is 3. The van der Waals surface area contributed by atoms with Crippen LogP contribution in [-0.2, 0) is 3.79 Å². The molecule has 12 heavy (non-hydrogen) atoms. The largest absolute Gasteiger partial charge is 0.216 e. The molecule has 66 valence electrons. The van der Waals surface area contributed by atoms with Crippen LogP contribution in [0.1, 0.15) is 5.56 Å². The van der Waals surface area contributed by atoms with Crippen LogP contribution in [0.25, 0.3) is 0 Å². The van der Waals surface area contributed by atoms with E-state index in [0.29, 0.717) is 15.6 Å². The maximum absolute atomic E-state index is 5.70. The quantitative estimate of drug-likeness (QED) is 0.589. The molecular weight excluding hydrogens is 261 g/mol. The van der Waals surface area contributed by atoms with Gasteiger partial charge in [-0.2, -0.15) is 0 Å². The van der Waals surface area contributed by atoms with Gasteiger partial charge in [0.1, 0.15) is 0 Å². The maximum Gasteiger partial charge on any atom is 0.216 e. The summed E-state index contributed by atoms with van der Waals surface area (Å²) < 4.78 is -1.48. The Kier molecular flexibility index (Phi) is 3.41. The van der Waals surface area contributed by atoms with E-state index < -0.39 is 3.79 Å². The minimum Gasteiger partial charge on any atom is -0.0843 e. The molecule has 0 nitrogen and oxygen atoms in total. The summed E-state index contributed by atoms with van der Waals surface area (Å²) in [4.78, 5) is 0. The summed E-state index contributed by atoms with van der Waals surface area (Å²) in [5.74, 6) is 0. The van der Waals surface area contributed by atoms with Gasteiger partial charge in [0.25, 0.3) is 0 Å². The van der Waals surface area contributed by atoms with Gasteiger partial charge >= 0.3 is 0 Å². The second-order valence-electron chi connectivity index (χ2n) is 2.16. The second kappa shape index (κ2) is 3.81. The summed E-state index contributed by atoms with van der Waals surface area (Å²) in [5.41, 5.74) is 0.463. The van der Waals surface area contributed by atoms with Crippen molar-refractivity contribution >= 4 is 58.0 Å². The van der Waals surface area contributed by atoms with Gasteiger partial charge in [0.2, 0.25) is 3.79 Å². The molecule has 0 bridgehead atoms. The van der Waals surface area contributed by atoms with Crippen molar-refractivity contribution in [2.24, 2.45) is 0 Å². The molecule has 0 fully saturated rings. The van der Waals surface area contributed by atoms with Crippen molar-refractivity contribution in [3.8, 4) is 0 Å². The number of hydrogen-bond donors (Lipinski definition) is 0. The maximum atomic E-state index is 5.70. The molecule has 1 aromatic carbocycles. The molecule has 0 heterocycles. The van der Waals surface area contributed by atoms with Gasteiger partial charge in [-0.15, -0.1) is 0 Å². The Morgan fingerprint density at radius 1 is 0.833 bits per heavy atom. The lowest BCUT2D eigenvalue weighted by atomic mass is 10.2. The summed E-state index contributed by atoms with van der Waals surface area (Å²) in [7, 11) is 0. The van der Waals surface area contributed by atoms with Gasteiger partial charge in [0.05, 0.1) is 0 Å². The van der Waals surface area contributed by atoms with Gasteiger partial charge in [0, 0.05) is 15.6 Å². The minimum absolute atomic E-state index is 0.448. The Morgan fingerprint density at radius 3 is 1.58 bits per heavy atom. The zero-order chi connectivity index (χ0) is 9.35. The fraction of sp³-hybridized carbons (Fsp3) is 0.143. The average molecular weight is 264 g/mol. The number of benzene rings is 1. The minimum atomic E-state index is -1.48. The molecule has 0 aromatic heterocycles. The molecule has 0 N–H and O–H groups in total. The highest BCUT2D eigenvalue weighted by Crippen LogP contribution is 2.40. The molecule has 0 unspecified atom stereocenters. The van der Waals surface area contributed by atoms with E-state index in [1.54, 1.807) is 18.2 Å². The molecule has 0 saturated heterocycles. The molecule has 1 rings (SSSR count). The van der Waals surface area contributed by atoms with Crippen molar-refractivity contribution in [3.05, 3.63) is 33.8 Å². The summed E-state index contributed by atoms with van der Waals surface area (Å²) in [6.07, 6.45) is 0. The first-order valence-corrected chi connectivity index (χ1v) is 4.82. The Morgan fingerprint density at radius 2 is 1.25 bits per heavy atom. The highest BCUT2D eigenvalue weighted by atomic mass is 35.6. The molecule has 0 saturated carbocycles. The third kappa shape index (κ3) is 2.86. The van der Waals surface area contributed by atoms with Crippen LogP contribution in [0, 0.1) is 0 Å². The topological polar surface area (TPSA) is 0 Å². The first-order valence-electron chi connectivity index (χ1n) is 2.93. The average Bonchev–Trinajstić information content (AvgIpc) is 1.82. The van der Waals surface area contributed by atoms with Crippen molar-refractivity contribution in [2.75, 3.05) is 0 Å². The van der Waals surface area contributed by atoms with Crippen LogP contribution in [0.4, 0.5) is 0 Å². The number of hydrogen-bond acceptors (Lipinski definition) is 0. The zero-order valence-electron chi connectivity index (χ0n) is 5.62. The molecule has 0 radical (unpaired) electrons. The van der Waals surface area contributed by atoms with E-state index in [9.17, 15) is 0 Å².